The average molecular weight is 372 g/mol. The Bertz CT molecular complexity index is 606. The highest BCUT2D eigenvalue weighted by Gasteiger charge is 2.40. The van der Waals surface area contributed by atoms with Crippen LogP contribution in [0.2, 0.25) is 0 Å². The Morgan fingerprint density at radius 2 is 2.16 bits per heavy atom. The number of hydrogen-bond donors (Lipinski definition) is 1. The minimum atomic E-state index is -0.815. The SMILES string of the molecule is O=C(COc1ccc(F)cc1F)NCC1(N2CCOCC2)CCSC1. The molecule has 0 bridgehead atoms. The molecule has 1 amide bonds. The number of halogens is 2. The lowest BCUT2D eigenvalue weighted by Gasteiger charge is -2.43. The number of nitrogens with zero attached hydrogens (tertiary/aromatic N) is 1. The molecule has 0 spiro atoms. The zero-order valence-corrected chi connectivity index (χ0v) is 14.7. The second-order valence-electron chi connectivity index (χ2n) is 6.27. The number of nitrogens with one attached hydrogen (secondary N) is 1. The van der Waals surface area contributed by atoms with Gasteiger partial charge >= 0.3 is 0 Å². The fourth-order valence-electron chi connectivity index (χ4n) is 3.18. The molecule has 1 unspecified atom stereocenters. The zero-order chi connectivity index (χ0) is 17.7. The molecule has 5 nitrogen and oxygen atoms in total. The smallest absolute Gasteiger partial charge is 0.258 e. The maximum atomic E-state index is 13.5. The second kappa shape index (κ2) is 8.33. The number of rotatable bonds is 6. The normalized spacial score (nSPS) is 24.2. The van der Waals surface area contributed by atoms with Crippen LogP contribution in [-0.2, 0) is 9.53 Å². The summed E-state index contributed by atoms with van der Waals surface area (Å²) in [6.07, 6.45) is 1.02. The van der Waals surface area contributed by atoms with Crippen LogP contribution in [0.1, 0.15) is 6.42 Å². The molecular weight excluding hydrogens is 350 g/mol. The molecule has 1 atom stereocenters. The highest BCUT2D eigenvalue weighted by molar-refractivity contribution is 7.99. The Hall–Kier alpha value is -1.38. The standard InChI is InChI=1S/C17H22F2N2O3S/c18-13-1-2-15(14(19)9-13)24-10-16(22)20-11-17(3-8-25-12-17)21-4-6-23-7-5-21/h1-2,9H,3-8,10-12H2,(H,20,22). The maximum Gasteiger partial charge on any atom is 0.258 e. The van der Waals surface area contributed by atoms with Gasteiger partial charge in [-0.2, -0.15) is 11.8 Å². The van der Waals surface area contributed by atoms with E-state index in [-0.39, 0.29) is 23.8 Å². The lowest BCUT2D eigenvalue weighted by atomic mass is 9.95. The van der Waals surface area contributed by atoms with Crippen LogP contribution in [0.25, 0.3) is 0 Å². The van der Waals surface area contributed by atoms with Crippen molar-refractivity contribution in [1.82, 2.24) is 10.2 Å². The monoisotopic (exact) mass is 372 g/mol. The van der Waals surface area contributed by atoms with Gasteiger partial charge in [0.2, 0.25) is 0 Å². The highest BCUT2D eigenvalue weighted by atomic mass is 32.2. The highest BCUT2D eigenvalue weighted by Crippen LogP contribution is 2.33. The van der Waals surface area contributed by atoms with E-state index in [1.807, 2.05) is 11.8 Å². The lowest BCUT2D eigenvalue weighted by Crippen LogP contribution is -2.59. The Balaban J connectivity index is 1.51. The second-order valence-corrected chi connectivity index (χ2v) is 7.37. The van der Waals surface area contributed by atoms with E-state index >= 15 is 0 Å². The number of hydrogen-bond acceptors (Lipinski definition) is 5. The number of morpholine rings is 1. The van der Waals surface area contributed by atoms with Crippen LogP contribution in [-0.4, -0.2) is 67.3 Å². The Labute approximate surface area is 150 Å². The molecule has 0 radical (unpaired) electrons. The van der Waals surface area contributed by atoms with Crippen molar-refractivity contribution >= 4 is 17.7 Å². The van der Waals surface area contributed by atoms with Crippen molar-refractivity contribution in [3.8, 4) is 5.75 Å². The topological polar surface area (TPSA) is 50.8 Å². The predicted molar refractivity (Wildman–Crippen MR) is 91.9 cm³/mol. The van der Waals surface area contributed by atoms with Gasteiger partial charge < -0.3 is 14.8 Å². The lowest BCUT2D eigenvalue weighted by molar-refractivity contribution is -0.124. The summed E-state index contributed by atoms with van der Waals surface area (Å²) < 4.78 is 37.0. The molecule has 2 fully saturated rings. The number of ether oxygens (including phenoxy) is 2. The number of benzene rings is 1. The average Bonchev–Trinajstić information content (AvgIpc) is 3.10. The molecule has 2 aliphatic rings. The molecule has 2 aliphatic heterocycles. The van der Waals surface area contributed by atoms with Gasteiger partial charge in [-0.05, 0) is 24.3 Å². The molecule has 0 aliphatic carbocycles. The summed E-state index contributed by atoms with van der Waals surface area (Å²) >= 11 is 1.89. The summed E-state index contributed by atoms with van der Waals surface area (Å²) in [4.78, 5) is 14.5. The number of amides is 1. The molecule has 2 heterocycles. The van der Waals surface area contributed by atoms with E-state index in [2.05, 4.69) is 10.2 Å². The minimum absolute atomic E-state index is 0.0504. The predicted octanol–water partition coefficient (Wildman–Crippen LogP) is 1.67. The van der Waals surface area contributed by atoms with Gasteiger partial charge in [0.15, 0.2) is 18.2 Å². The van der Waals surface area contributed by atoms with E-state index in [0.29, 0.717) is 19.8 Å². The fourth-order valence-corrected chi connectivity index (χ4v) is 4.66. The van der Waals surface area contributed by atoms with Crippen LogP contribution in [0, 0.1) is 11.6 Å². The minimum Gasteiger partial charge on any atom is -0.481 e. The molecule has 3 rings (SSSR count). The van der Waals surface area contributed by atoms with E-state index in [0.717, 1.165) is 43.1 Å². The van der Waals surface area contributed by atoms with Crippen LogP contribution < -0.4 is 10.1 Å². The van der Waals surface area contributed by atoms with E-state index in [1.165, 1.54) is 6.07 Å². The van der Waals surface area contributed by atoms with Crippen molar-refractivity contribution < 1.29 is 23.0 Å². The van der Waals surface area contributed by atoms with Gasteiger partial charge in [-0.25, -0.2) is 8.78 Å². The largest absolute Gasteiger partial charge is 0.481 e. The van der Waals surface area contributed by atoms with Crippen LogP contribution in [0.5, 0.6) is 5.75 Å². The first-order valence-electron chi connectivity index (χ1n) is 8.34. The van der Waals surface area contributed by atoms with Gasteiger partial charge in [0.25, 0.3) is 5.91 Å². The van der Waals surface area contributed by atoms with E-state index in [9.17, 15) is 13.6 Å². The Morgan fingerprint density at radius 1 is 1.36 bits per heavy atom. The third-order valence-electron chi connectivity index (χ3n) is 4.63. The number of thioether (sulfide) groups is 1. The van der Waals surface area contributed by atoms with E-state index in [4.69, 9.17) is 9.47 Å². The van der Waals surface area contributed by atoms with Gasteiger partial charge in [-0.15, -0.1) is 0 Å². The van der Waals surface area contributed by atoms with Crippen molar-refractivity contribution in [2.24, 2.45) is 0 Å². The van der Waals surface area contributed by atoms with Gasteiger partial charge in [0, 0.05) is 37.0 Å². The Morgan fingerprint density at radius 3 is 2.84 bits per heavy atom. The van der Waals surface area contributed by atoms with Crippen LogP contribution in [0.3, 0.4) is 0 Å². The third kappa shape index (κ3) is 4.62. The Kier molecular flexibility index (Phi) is 6.14. The molecule has 8 heteroatoms. The molecule has 0 saturated carbocycles. The molecule has 1 aromatic carbocycles. The van der Waals surface area contributed by atoms with Gasteiger partial charge in [-0.3, -0.25) is 9.69 Å². The molecule has 2 saturated heterocycles. The van der Waals surface area contributed by atoms with Crippen LogP contribution in [0.4, 0.5) is 8.78 Å². The molecule has 1 N–H and O–H groups in total. The van der Waals surface area contributed by atoms with Crippen molar-refractivity contribution in [2.45, 2.75) is 12.0 Å². The molecule has 25 heavy (non-hydrogen) atoms. The molecule has 0 aromatic heterocycles. The van der Waals surface area contributed by atoms with Crippen molar-refractivity contribution in [3.63, 3.8) is 0 Å². The summed E-state index contributed by atoms with van der Waals surface area (Å²) in [6, 6.07) is 3.01. The summed E-state index contributed by atoms with van der Waals surface area (Å²) in [5.41, 5.74) is -0.0504. The third-order valence-corrected chi connectivity index (χ3v) is 5.87. The first-order valence-corrected chi connectivity index (χ1v) is 9.50. The first-order chi connectivity index (χ1) is 12.1. The van der Waals surface area contributed by atoms with Crippen molar-refractivity contribution in [3.05, 3.63) is 29.8 Å². The van der Waals surface area contributed by atoms with Gasteiger partial charge in [0.1, 0.15) is 5.82 Å². The molecule has 138 valence electrons. The molecule has 1 aromatic rings. The van der Waals surface area contributed by atoms with E-state index in [1.54, 1.807) is 0 Å². The quantitative estimate of drug-likeness (QED) is 0.823. The van der Waals surface area contributed by atoms with Crippen molar-refractivity contribution in [1.29, 1.82) is 0 Å². The summed E-state index contributed by atoms with van der Waals surface area (Å²) in [6.45, 7) is 3.41. The summed E-state index contributed by atoms with van der Waals surface area (Å²) in [5.74, 6) is 0.111. The van der Waals surface area contributed by atoms with Gasteiger partial charge in [-0.1, -0.05) is 0 Å². The molecular formula is C17H22F2N2O3S. The first kappa shape index (κ1) is 18.4. The van der Waals surface area contributed by atoms with Crippen LogP contribution in [0.15, 0.2) is 18.2 Å². The van der Waals surface area contributed by atoms with Crippen LogP contribution >= 0.6 is 11.8 Å². The number of carbonyl (C=O) groups excluding carboxylic acids is 1. The van der Waals surface area contributed by atoms with Gasteiger partial charge in [0.05, 0.1) is 13.2 Å². The van der Waals surface area contributed by atoms with Crippen molar-refractivity contribution in [2.75, 3.05) is 51.0 Å². The maximum absolute atomic E-state index is 13.5. The fraction of sp³-hybridized carbons (Fsp3) is 0.588. The number of carbonyl (C=O) groups is 1. The summed E-state index contributed by atoms with van der Waals surface area (Å²) in [7, 11) is 0. The zero-order valence-electron chi connectivity index (χ0n) is 13.9. The van der Waals surface area contributed by atoms with E-state index < -0.39 is 11.6 Å². The summed E-state index contributed by atoms with van der Waals surface area (Å²) in [5, 5.41) is 2.91.